The number of alkyl carbamates (subject to hydrolysis) is 1. The lowest BCUT2D eigenvalue weighted by Crippen LogP contribution is -2.33. The Balaban J connectivity index is 1.28. The molecule has 2 aromatic heterocycles. The van der Waals surface area contributed by atoms with Crippen LogP contribution in [-0.4, -0.2) is 59.6 Å². The molecule has 0 aliphatic carbocycles. The summed E-state index contributed by atoms with van der Waals surface area (Å²) in [5, 5.41) is 12.1. The number of ether oxygens (including phenoxy) is 4. The van der Waals surface area contributed by atoms with E-state index in [9.17, 15) is 4.79 Å². The van der Waals surface area contributed by atoms with Crippen molar-refractivity contribution in [2.45, 2.75) is 64.7 Å². The minimum atomic E-state index is -0.490. The van der Waals surface area contributed by atoms with Crippen LogP contribution in [0, 0.1) is 0 Å². The Morgan fingerprint density at radius 1 is 1.14 bits per heavy atom. The quantitative estimate of drug-likeness (QED) is 0.363. The zero-order valence-electron chi connectivity index (χ0n) is 21.3. The summed E-state index contributed by atoms with van der Waals surface area (Å²) < 4.78 is 30.0. The van der Waals surface area contributed by atoms with Gasteiger partial charge in [0.2, 0.25) is 0 Å². The molecule has 3 heterocycles. The van der Waals surface area contributed by atoms with E-state index in [4.69, 9.17) is 23.5 Å². The van der Waals surface area contributed by atoms with Crippen LogP contribution in [0.3, 0.4) is 0 Å². The van der Waals surface area contributed by atoms with Gasteiger partial charge in [0.05, 0.1) is 29.9 Å². The summed E-state index contributed by atoms with van der Waals surface area (Å²) in [4.78, 5) is 11.6. The van der Waals surface area contributed by atoms with E-state index >= 15 is 0 Å². The van der Waals surface area contributed by atoms with Crippen LogP contribution in [0.25, 0.3) is 22.0 Å². The van der Waals surface area contributed by atoms with Gasteiger partial charge < -0.3 is 28.8 Å². The van der Waals surface area contributed by atoms with Gasteiger partial charge in [-0.2, -0.15) is 5.10 Å². The number of nitrogens with one attached hydrogen (secondary N) is 1. The fourth-order valence-electron chi connectivity index (χ4n) is 4.04. The molecule has 10 heteroatoms. The summed E-state index contributed by atoms with van der Waals surface area (Å²) >= 11 is 0. The second-order valence-electron chi connectivity index (χ2n) is 9.83. The number of rotatable bonds is 11. The molecule has 0 spiro atoms. The van der Waals surface area contributed by atoms with Gasteiger partial charge in [0.25, 0.3) is 0 Å². The van der Waals surface area contributed by atoms with Gasteiger partial charge in [0.15, 0.2) is 6.23 Å². The van der Waals surface area contributed by atoms with E-state index in [1.54, 1.807) is 12.5 Å². The predicted octanol–water partition coefficient (Wildman–Crippen LogP) is 5.09. The second-order valence-corrected chi connectivity index (χ2v) is 9.83. The molecular formula is C26H36N4O6. The number of fused-ring (bicyclic) bond motifs is 1. The van der Waals surface area contributed by atoms with Gasteiger partial charge in [-0.25, -0.2) is 9.48 Å². The van der Waals surface area contributed by atoms with E-state index in [1.807, 2.05) is 37.7 Å². The molecule has 1 aliphatic rings. The van der Waals surface area contributed by atoms with Gasteiger partial charge >= 0.3 is 6.09 Å². The topological polar surface area (TPSA) is 110 Å². The van der Waals surface area contributed by atoms with Crippen molar-refractivity contribution in [1.29, 1.82) is 0 Å². The third-order valence-electron chi connectivity index (χ3n) is 5.74. The van der Waals surface area contributed by atoms with Crippen LogP contribution >= 0.6 is 0 Å². The molecule has 3 aromatic rings. The Hall–Kier alpha value is -3.11. The second kappa shape index (κ2) is 12.2. The van der Waals surface area contributed by atoms with Crippen molar-refractivity contribution in [2.75, 3.05) is 33.0 Å². The molecule has 1 saturated heterocycles. The maximum atomic E-state index is 11.6. The van der Waals surface area contributed by atoms with E-state index in [0.29, 0.717) is 26.4 Å². The van der Waals surface area contributed by atoms with Crippen LogP contribution in [0.4, 0.5) is 4.79 Å². The minimum absolute atomic E-state index is 0.0741. The Morgan fingerprint density at radius 3 is 2.78 bits per heavy atom. The van der Waals surface area contributed by atoms with Gasteiger partial charge in [-0.3, -0.25) is 0 Å². The molecule has 1 unspecified atom stereocenters. The zero-order valence-corrected chi connectivity index (χ0v) is 21.3. The summed E-state index contributed by atoms with van der Waals surface area (Å²) in [6, 6.07) is 4.05. The minimum Gasteiger partial charge on any atom is -0.490 e. The van der Waals surface area contributed by atoms with Gasteiger partial charge in [0, 0.05) is 25.3 Å². The predicted molar refractivity (Wildman–Crippen MR) is 134 cm³/mol. The molecule has 4 rings (SSSR count). The maximum absolute atomic E-state index is 11.6. The number of benzene rings is 1. The van der Waals surface area contributed by atoms with Crippen LogP contribution in [0.5, 0.6) is 5.75 Å². The number of hydrogen-bond donors (Lipinski definition) is 1. The third kappa shape index (κ3) is 7.20. The van der Waals surface area contributed by atoms with Gasteiger partial charge in [-0.05, 0) is 70.6 Å². The molecule has 1 amide bonds. The van der Waals surface area contributed by atoms with Gasteiger partial charge in [0.1, 0.15) is 24.2 Å². The zero-order chi connectivity index (χ0) is 25.4. The lowest BCUT2D eigenvalue weighted by Gasteiger charge is -2.23. The number of carbonyl (C=O) groups is 1. The number of hydrogen-bond acceptors (Lipinski definition) is 8. The van der Waals surface area contributed by atoms with Crippen molar-refractivity contribution in [1.82, 2.24) is 20.3 Å². The fraction of sp³-hybridized carbons (Fsp3) is 0.577. The summed E-state index contributed by atoms with van der Waals surface area (Å²) in [5.74, 6) is 0.732. The maximum Gasteiger partial charge on any atom is 0.407 e. The van der Waals surface area contributed by atoms with Crippen LogP contribution in [0.15, 0.2) is 35.3 Å². The largest absolute Gasteiger partial charge is 0.490 e. The molecule has 1 aliphatic heterocycles. The summed E-state index contributed by atoms with van der Waals surface area (Å²) in [5.41, 5.74) is 2.27. The smallest absolute Gasteiger partial charge is 0.407 e. The molecule has 0 saturated carbocycles. The van der Waals surface area contributed by atoms with Crippen molar-refractivity contribution in [3.8, 4) is 16.9 Å². The molecule has 1 atom stereocenters. The molecule has 1 fully saturated rings. The Kier molecular flexibility index (Phi) is 8.82. The number of nitrogens with zero attached hydrogens (tertiary/aromatic N) is 3. The van der Waals surface area contributed by atoms with E-state index in [-0.39, 0.29) is 6.23 Å². The standard InChI is InChI=1S/C26H36N4O6/c1-26(2,3)36-25(31)27-9-5-7-10-32-12-13-33-23-15-19(20-16-29-35-18-20)14-22-21(23)17-28-30(22)24-8-4-6-11-34-24/h14-18,24H,4-13H2,1-3H3,(H,27,31). The molecular weight excluding hydrogens is 464 g/mol. The Bertz CT molecular complexity index is 1100. The van der Waals surface area contributed by atoms with Crippen molar-refractivity contribution in [3.63, 3.8) is 0 Å². The van der Waals surface area contributed by atoms with E-state index in [1.165, 1.54) is 0 Å². The highest BCUT2D eigenvalue weighted by molar-refractivity contribution is 5.90. The first-order chi connectivity index (χ1) is 17.4. The molecule has 1 N–H and O–H groups in total. The lowest BCUT2D eigenvalue weighted by molar-refractivity contribution is -0.0366. The SMILES string of the molecule is CC(C)(C)OC(=O)NCCCCOCCOc1cc(-c2cnoc2)cc2c1cnn2C1CCCCO1. The van der Waals surface area contributed by atoms with Crippen molar-refractivity contribution < 1.29 is 28.3 Å². The van der Waals surface area contributed by atoms with E-state index < -0.39 is 11.7 Å². The first kappa shape index (κ1) is 26.0. The lowest BCUT2D eigenvalue weighted by atomic mass is 10.1. The van der Waals surface area contributed by atoms with Gasteiger partial charge in [-0.15, -0.1) is 0 Å². The first-order valence-electron chi connectivity index (χ1n) is 12.6. The number of unbranched alkanes of at least 4 members (excludes halogenated alkanes) is 1. The highest BCUT2D eigenvalue weighted by Crippen LogP contribution is 2.35. The number of aromatic nitrogens is 3. The Morgan fingerprint density at radius 2 is 2.03 bits per heavy atom. The summed E-state index contributed by atoms with van der Waals surface area (Å²) in [6.07, 6.45) is 9.44. The van der Waals surface area contributed by atoms with Crippen molar-refractivity contribution in [2.24, 2.45) is 0 Å². The molecule has 196 valence electrons. The molecule has 0 radical (unpaired) electrons. The summed E-state index contributed by atoms with van der Waals surface area (Å²) in [7, 11) is 0. The molecule has 36 heavy (non-hydrogen) atoms. The van der Waals surface area contributed by atoms with Crippen LogP contribution in [0.1, 0.15) is 59.1 Å². The molecule has 10 nitrogen and oxygen atoms in total. The van der Waals surface area contributed by atoms with Gasteiger partial charge in [-0.1, -0.05) is 5.16 Å². The average molecular weight is 501 g/mol. The van der Waals surface area contributed by atoms with Crippen molar-refractivity contribution >= 4 is 17.0 Å². The summed E-state index contributed by atoms with van der Waals surface area (Å²) in [6.45, 7) is 8.28. The monoisotopic (exact) mass is 500 g/mol. The third-order valence-corrected chi connectivity index (χ3v) is 5.74. The molecule has 0 bridgehead atoms. The number of carbonyl (C=O) groups excluding carboxylic acids is 1. The molecule has 1 aromatic carbocycles. The van der Waals surface area contributed by atoms with E-state index in [2.05, 4.69) is 21.6 Å². The van der Waals surface area contributed by atoms with Crippen LogP contribution in [-0.2, 0) is 14.2 Å². The first-order valence-corrected chi connectivity index (χ1v) is 12.6. The Labute approximate surface area is 211 Å². The van der Waals surface area contributed by atoms with Crippen LogP contribution < -0.4 is 10.1 Å². The fourth-order valence-corrected chi connectivity index (χ4v) is 4.04. The number of amides is 1. The highest BCUT2D eigenvalue weighted by atomic mass is 16.6. The average Bonchev–Trinajstić information content (AvgIpc) is 3.53. The van der Waals surface area contributed by atoms with E-state index in [0.717, 1.165) is 66.5 Å². The van der Waals surface area contributed by atoms with Crippen LogP contribution in [0.2, 0.25) is 0 Å². The highest BCUT2D eigenvalue weighted by Gasteiger charge is 2.21. The normalized spacial score (nSPS) is 16.2. The van der Waals surface area contributed by atoms with Crippen molar-refractivity contribution in [3.05, 3.63) is 30.8 Å².